The molecule has 0 N–H and O–H groups in total. The summed E-state index contributed by atoms with van der Waals surface area (Å²) in [4.78, 5) is 14.2. The Balaban J connectivity index is 1.25. The van der Waals surface area contributed by atoms with Gasteiger partial charge in [-0.3, -0.25) is 4.79 Å². The highest BCUT2D eigenvalue weighted by Crippen LogP contribution is 2.23. The summed E-state index contributed by atoms with van der Waals surface area (Å²) in [6, 6.07) is 10.9. The number of carbonyl (C=O) groups excluding carboxylic acids is 1. The van der Waals surface area contributed by atoms with Crippen LogP contribution in [-0.4, -0.2) is 72.8 Å². The van der Waals surface area contributed by atoms with Crippen LogP contribution in [0.1, 0.15) is 11.5 Å². The van der Waals surface area contributed by atoms with E-state index in [1.54, 1.807) is 29.5 Å². The second-order valence-corrected chi connectivity index (χ2v) is 11.0. The lowest BCUT2D eigenvalue weighted by atomic mass is 10.1. The van der Waals surface area contributed by atoms with E-state index in [1.165, 1.54) is 27.4 Å². The van der Waals surface area contributed by atoms with Gasteiger partial charge < -0.3 is 14.1 Å². The number of aromatic nitrogens is 2. The summed E-state index contributed by atoms with van der Waals surface area (Å²) in [5.41, 5.74) is 1.01. The first-order valence-corrected chi connectivity index (χ1v) is 13.2. The van der Waals surface area contributed by atoms with Crippen LogP contribution in [-0.2, 0) is 21.2 Å². The normalized spacial score (nSPS) is 15.1. The molecule has 1 saturated heterocycles. The highest BCUT2D eigenvalue weighted by molar-refractivity contribution is 7.99. The second-order valence-electron chi connectivity index (χ2n) is 6.99. The number of methoxy groups -OCH3 is 1. The average Bonchev–Trinajstić information content (AvgIpc) is 3.51. The maximum atomic E-state index is 12.6. The maximum absolute atomic E-state index is 12.6. The summed E-state index contributed by atoms with van der Waals surface area (Å²) >= 11 is 2.38. The molecule has 1 aromatic carbocycles. The van der Waals surface area contributed by atoms with Crippen LogP contribution in [0.4, 0.5) is 0 Å². The number of sulfonamides is 1. The van der Waals surface area contributed by atoms with Crippen molar-refractivity contribution in [2.75, 3.05) is 39.0 Å². The molecule has 0 spiro atoms. The van der Waals surface area contributed by atoms with Crippen molar-refractivity contribution in [3.63, 3.8) is 0 Å². The van der Waals surface area contributed by atoms with Crippen molar-refractivity contribution in [2.45, 2.75) is 15.9 Å². The number of amides is 1. The highest BCUT2D eigenvalue weighted by atomic mass is 32.2. The average molecular weight is 495 g/mol. The Morgan fingerprint density at radius 3 is 2.56 bits per heavy atom. The van der Waals surface area contributed by atoms with Crippen LogP contribution in [0, 0.1) is 0 Å². The predicted octanol–water partition coefficient (Wildman–Crippen LogP) is 2.36. The molecule has 1 aliphatic rings. The second kappa shape index (κ2) is 10.0. The van der Waals surface area contributed by atoms with Gasteiger partial charge in [-0.15, -0.1) is 21.5 Å². The van der Waals surface area contributed by atoms with Gasteiger partial charge in [-0.2, -0.15) is 4.31 Å². The molecular formula is C20H22N4O5S3. The minimum absolute atomic E-state index is 0.0851. The lowest BCUT2D eigenvalue weighted by molar-refractivity contribution is -0.129. The number of ether oxygens (including phenoxy) is 1. The van der Waals surface area contributed by atoms with Crippen LogP contribution in [0.2, 0.25) is 0 Å². The van der Waals surface area contributed by atoms with E-state index in [0.29, 0.717) is 34.8 Å². The molecule has 0 bridgehead atoms. The fourth-order valence-electron chi connectivity index (χ4n) is 3.22. The lowest BCUT2D eigenvalue weighted by Crippen LogP contribution is -2.50. The van der Waals surface area contributed by atoms with Gasteiger partial charge in [0, 0.05) is 26.2 Å². The van der Waals surface area contributed by atoms with Gasteiger partial charge in [-0.1, -0.05) is 30.0 Å². The molecule has 32 heavy (non-hydrogen) atoms. The van der Waals surface area contributed by atoms with E-state index in [-0.39, 0.29) is 24.7 Å². The van der Waals surface area contributed by atoms with Crippen LogP contribution < -0.4 is 4.74 Å². The van der Waals surface area contributed by atoms with Crippen molar-refractivity contribution in [1.82, 2.24) is 19.4 Å². The molecule has 2 aromatic heterocycles. The first-order chi connectivity index (χ1) is 15.5. The van der Waals surface area contributed by atoms with E-state index >= 15 is 0 Å². The third kappa shape index (κ3) is 5.31. The SMILES string of the molecule is COc1ccc(Cc2nnc(SCC(=O)N3CCN(S(=O)(=O)c4cccs4)CC3)o2)cc1. The van der Waals surface area contributed by atoms with Gasteiger partial charge in [0.2, 0.25) is 11.8 Å². The fraction of sp³-hybridized carbons (Fsp3) is 0.350. The van der Waals surface area contributed by atoms with Crippen LogP contribution in [0.15, 0.2) is 55.6 Å². The number of benzene rings is 1. The number of rotatable bonds is 8. The third-order valence-electron chi connectivity index (χ3n) is 4.96. The number of hydrogen-bond donors (Lipinski definition) is 0. The number of nitrogens with zero attached hydrogens (tertiary/aromatic N) is 4. The van der Waals surface area contributed by atoms with Crippen molar-refractivity contribution in [1.29, 1.82) is 0 Å². The molecule has 170 valence electrons. The Kier molecular flexibility index (Phi) is 7.13. The Hall–Kier alpha value is -2.41. The zero-order valence-corrected chi connectivity index (χ0v) is 19.8. The van der Waals surface area contributed by atoms with E-state index in [1.807, 2.05) is 24.3 Å². The molecule has 3 aromatic rings. The van der Waals surface area contributed by atoms with Gasteiger partial charge in [0.25, 0.3) is 15.2 Å². The summed E-state index contributed by atoms with van der Waals surface area (Å²) < 4.78 is 37.7. The van der Waals surface area contributed by atoms with E-state index in [0.717, 1.165) is 11.3 Å². The monoisotopic (exact) mass is 494 g/mol. The van der Waals surface area contributed by atoms with E-state index in [9.17, 15) is 13.2 Å². The highest BCUT2D eigenvalue weighted by Gasteiger charge is 2.30. The van der Waals surface area contributed by atoms with Crippen LogP contribution in [0.25, 0.3) is 0 Å². The van der Waals surface area contributed by atoms with Crippen molar-refractivity contribution >= 4 is 39.0 Å². The molecule has 3 heterocycles. The minimum Gasteiger partial charge on any atom is -0.497 e. The van der Waals surface area contributed by atoms with Crippen molar-refractivity contribution in [3.8, 4) is 5.75 Å². The lowest BCUT2D eigenvalue weighted by Gasteiger charge is -2.33. The topological polar surface area (TPSA) is 106 Å². The summed E-state index contributed by atoms with van der Waals surface area (Å²) in [6.07, 6.45) is 0.492. The van der Waals surface area contributed by atoms with E-state index < -0.39 is 10.0 Å². The van der Waals surface area contributed by atoms with Gasteiger partial charge in [0.05, 0.1) is 19.3 Å². The first kappa shape index (κ1) is 22.8. The van der Waals surface area contributed by atoms with Crippen LogP contribution in [0.5, 0.6) is 5.75 Å². The Morgan fingerprint density at radius 2 is 1.91 bits per heavy atom. The van der Waals surface area contributed by atoms with Gasteiger partial charge in [-0.25, -0.2) is 8.42 Å². The zero-order valence-electron chi connectivity index (χ0n) is 17.3. The number of hydrogen-bond acceptors (Lipinski definition) is 9. The third-order valence-corrected chi connectivity index (χ3v) is 9.04. The Morgan fingerprint density at radius 1 is 1.16 bits per heavy atom. The molecule has 12 heteroatoms. The van der Waals surface area contributed by atoms with Crippen LogP contribution in [0.3, 0.4) is 0 Å². The molecule has 1 fully saturated rings. The molecule has 0 radical (unpaired) electrons. The number of piperazine rings is 1. The largest absolute Gasteiger partial charge is 0.497 e. The molecule has 1 aliphatic heterocycles. The molecule has 0 saturated carbocycles. The quantitative estimate of drug-likeness (QED) is 0.440. The summed E-state index contributed by atoms with van der Waals surface area (Å²) in [7, 11) is -1.87. The van der Waals surface area contributed by atoms with E-state index in [4.69, 9.17) is 9.15 Å². The zero-order chi connectivity index (χ0) is 22.6. The van der Waals surface area contributed by atoms with Gasteiger partial charge >= 0.3 is 0 Å². The first-order valence-electron chi connectivity index (χ1n) is 9.85. The van der Waals surface area contributed by atoms with Gasteiger partial charge in [-0.05, 0) is 29.1 Å². The summed E-state index contributed by atoms with van der Waals surface area (Å²) in [5.74, 6) is 1.32. The van der Waals surface area contributed by atoms with E-state index in [2.05, 4.69) is 10.2 Å². The molecule has 1 amide bonds. The predicted molar refractivity (Wildman–Crippen MR) is 120 cm³/mol. The number of thioether (sulfide) groups is 1. The van der Waals surface area contributed by atoms with Crippen LogP contribution >= 0.6 is 23.1 Å². The number of thiophene rings is 1. The summed E-state index contributed by atoms with van der Waals surface area (Å²) in [5, 5.41) is 10.1. The molecule has 9 nitrogen and oxygen atoms in total. The maximum Gasteiger partial charge on any atom is 0.277 e. The fourth-order valence-corrected chi connectivity index (χ4v) is 6.47. The van der Waals surface area contributed by atoms with Gasteiger partial charge in [0.15, 0.2) is 0 Å². The Labute approximate surface area is 194 Å². The smallest absolute Gasteiger partial charge is 0.277 e. The van der Waals surface area contributed by atoms with Crippen molar-refractivity contribution < 1.29 is 22.4 Å². The standard InChI is InChI=1S/C20H22N4O5S3/c1-28-16-6-4-15(5-7-16)13-17-21-22-20(29-17)31-14-18(25)23-8-10-24(11-9-23)32(26,27)19-3-2-12-30-19/h2-7,12H,8-11,13-14H2,1H3. The van der Waals surface area contributed by atoms with Crippen molar-refractivity contribution in [3.05, 3.63) is 53.2 Å². The van der Waals surface area contributed by atoms with Gasteiger partial charge in [0.1, 0.15) is 9.96 Å². The number of carbonyl (C=O) groups is 1. The molecular weight excluding hydrogens is 472 g/mol. The summed E-state index contributed by atoms with van der Waals surface area (Å²) in [6.45, 7) is 1.28. The Bertz CT molecular complexity index is 1140. The molecule has 0 atom stereocenters. The van der Waals surface area contributed by atoms with Crippen molar-refractivity contribution in [2.24, 2.45) is 0 Å². The molecule has 4 rings (SSSR count). The molecule has 0 unspecified atom stereocenters. The minimum atomic E-state index is -3.48. The molecule has 0 aliphatic carbocycles.